The fourth-order valence-corrected chi connectivity index (χ4v) is 2.11. The molecule has 5 heteroatoms. The summed E-state index contributed by atoms with van der Waals surface area (Å²) in [4.78, 5) is 0. The van der Waals surface area contributed by atoms with Crippen molar-refractivity contribution >= 4 is 17.5 Å². The van der Waals surface area contributed by atoms with E-state index >= 15 is 0 Å². The minimum atomic E-state index is -0.250. The van der Waals surface area contributed by atoms with Crippen LogP contribution in [0.5, 0.6) is 0 Å². The van der Waals surface area contributed by atoms with Crippen LogP contribution in [-0.4, -0.2) is 15.3 Å². The van der Waals surface area contributed by atoms with E-state index in [-0.39, 0.29) is 5.82 Å². The predicted molar refractivity (Wildman–Crippen MR) is 68.8 cm³/mol. The highest BCUT2D eigenvalue weighted by Crippen LogP contribution is 2.29. The highest BCUT2D eigenvalue weighted by Gasteiger charge is 2.12. The summed E-state index contributed by atoms with van der Waals surface area (Å²) in [5.41, 5.74) is 2.54. The van der Waals surface area contributed by atoms with E-state index in [9.17, 15) is 4.39 Å². The normalized spacial score (nSPS) is 10.5. The van der Waals surface area contributed by atoms with Gasteiger partial charge in [-0.05, 0) is 31.0 Å². The fourth-order valence-electron chi connectivity index (χ4n) is 1.57. The maximum atomic E-state index is 13.3. The Bertz CT molecular complexity index is 510. The summed E-state index contributed by atoms with van der Waals surface area (Å²) >= 11 is 1.14. The third-order valence-corrected chi connectivity index (χ3v) is 3.01. The molecule has 0 aliphatic rings. The first-order chi connectivity index (χ1) is 8.22. The van der Waals surface area contributed by atoms with E-state index in [4.69, 9.17) is 0 Å². The van der Waals surface area contributed by atoms with Crippen molar-refractivity contribution in [3.8, 4) is 11.3 Å². The van der Waals surface area contributed by atoms with E-state index in [0.717, 1.165) is 47.3 Å². The SMILES string of the molecule is CCCNc1nsnc1-c1cc(F)ccc1C. The van der Waals surface area contributed by atoms with Crippen LogP contribution in [0.3, 0.4) is 0 Å². The molecular formula is C12H14FN3S. The molecule has 0 aliphatic carbocycles. The van der Waals surface area contributed by atoms with E-state index in [1.165, 1.54) is 12.1 Å². The van der Waals surface area contributed by atoms with E-state index in [1.54, 1.807) is 6.07 Å². The van der Waals surface area contributed by atoms with Crippen LogP contribution in [0, 0.1) is 12.7 Å². The van der Waals surface area contributed by atoms with Crippen LogP contribution in [0.1, 0.15) is 18.9 Å². The summed E-state index contributed by atoms with van der Waals surface area (Å²) in [5, 5.41) is 3.20. The molecule has 0 spiro atoms. The number of benzene rings is 1. The van der Waals surface area contributed by atoms with Gasteiger partial charge in [-0.3, -0.25) is 0 Å². The Hall–Kier alpha value is -1.49. The predicted octanol–water partition coefficient (Wildman–Crippen LogP) is 3.47. The first kappa shape index (κ1) is 12.0. The van der Waals surface area contributed by atoms with Gasteiger partial charge in [-0.15, -0.1) is 0 Å². The molecule has 0 atom stereocenters. The van der Waals surface area contributed by atoms with Gasteiger partial charge in [0, 0.05) is 12.1 Å². The molecule has 0 radical (unpaired) electrons. The zero-order valence-corrected chi connectivity index (χ0v) is 10.6. The molecule has 0 unspecified atom stereocenters. The summed E-state index contributed by atoms with van der Waals surface area (Å²) in [5.74, 6) is 0.491. The van der Waals surface area contributed by atoms with E-state index in [1.807, 2.05) is 6.92 Å². The van der Waals surface area contributed by atoms with Crippen LogP contribution in [-0.2, 0) is 0 Å². The van der Waals surface area contributed by atoms with Crippen LogP contribution in [0.25, 0.3) is 11.3 Å². The molecule has 1 aromatic heterocycles. The second-order valence-electron chi connectivity index (χ2n) is 3.85. The summed E-state index contributed by atoms with van der Waals surface area (Å²) in [6.45, 7) is 4.87. The molecule has 0 amide bonds. The topological polar surface area (TPSA) is 37.8 Å². The Kier molecular flexibility index (Phi) is 3.68. The van der Waals surface area contributed by atoms with Gasteiger partial charge in [-0.2, -0.15) is 8.75 Å². The van der Waals surface area contributed by atoms with Gasteiger partial charge >= 0.3 is 0 Å². The molecule has 1 N–H and O–H groups in total. The van der Waals surface area contributed by atoms with Crippen molar-refractivity contribution in [3.05, 3.63) is 29.6 Å². The second kappa shape index (κ2) is 5.23. The van der Waals surface area contributed by atoms with Crippen LogP contribution in [0.15, 0.2) is 18.2 Å². The van der Waals surface area contributed by atoms with Crippen molar-refractivity contribution in [2.24, 2.45) is 0 Å². The summed E-state index contributed by atoms with van der Waals surface area (Å²) in [6, 6.07) is 4.72. The van der Waals surface area contributed by atoms with Gasteiger partial charge in [-0.25, -0.2) is 4.39 Å². The number of nitrogens with zero attached hydrogens (tertiary/aromatic N) is 2. The van der Waals surface area contributed by atoms with E-state index in [2.05, 4.69) is 21.0 Å². The minimum absolute atomic E-state index is 0.250. The number of hydrogen-bond donors (Lipinski definition) is 1. The lowest BCUT2D eigenvalue weighted by molar-refractivity contribution is 0.628. The molecule has 17 heavy (non-hydrogen) atoms. The highest BCUT2D eigenvalue weighted by molar-refractivity contribution is 6.99. The lowest BCUT2D eigenvalue weighted by Crippen LogP contribution is -2.01. The molecule has 1 heterocycles. The number of rotatable bonds is 4. The number of nitrogens with one attached hydrogen (secondary N) is 1. The van der Waals surface area contributed by atoms with Crippen LogP contribution >= 0.6 is 11.7 Å². The van der Waals surface area contributed by atoms with Gasteiger partial charge in [0.15, 0.2) is 5.82 Å². The highest BCUT2D eigenvalue weighted by atomic mass is 32.1. The van der Waals surface area contributed by atoms with Gasteiger partial charge in [0.05, 0.1) is 11.7 Å². The smallest absolute Gasteiger partial charge is 0.168 e. The number of aryl methyl sites for hydroxylation is 1. The third kappa shape index (κ3) is 2.61. The van der Waals surface area contributed by atoms with Gasteiger partial charge in [0.25, 0.3) is 0 Å². The molecule has 2 rings (SSSR count). The largest absolute Gasteiger partial charge is 0.367 e. The van der Waals surface area contributed by atoms with Crippen molar-refractivity contribution in [1.29, 1.82) is 0 Å². The molecule has 1 aromatic carbocycles. The van der Waals surface area contributed by atoms with E-state index < -0.39 is 0 Å². The van der Waals surface area contributed by atoms with Crippen molar-refractivity contribution in [3.63, 3.8) is 0 Å². The molecule has 90 valence electrons. The maximum absolute atomic E-state index is 13.3. The van der Waals surface area contributed by atoms with Crippen LogP contribution in [0.4, 0.5) is 10.2 Å². The molecule has 3 nitrogen and oxygen atoms in total. The Morgan fingerprint density at radius 3 is 2.94 bits per heavy atom. The van der Waals surface area contributed by atoms with Gasteiger partial charge in [-0.1, -0.05) is 13.0 Å². The van der Waals surface area contributed by atoms with Gasteiger partial charge < -0.3 is 5.32 Å². The first-order valence-corrected chi connectivity index (χ1v) is 6.28. The van der Waals surface area contributed by atoms with Crippen molar-refractivity contribution < 1.29 is 4.39 Å². The zero-order chi connectivity index (χ0) is 12.3. The first-order valence-electron chi connectivity index (χ1n) is 5.55. The average Bonchev–Trinajstić information content (AvgIpc) is 2.77. The summed E-state index contributed by atoms with van der Waals surface area (Å²) in [7, 11) is 0. The molecule has 0 bridgehead atoms. The third-order valence-electron chi connectivity index (χ3n) is 2.49. The Morgan fingerprint density at radius 2 is 2.18 bits per heavy atom. The second-order valence-corrected chi connectivity index (χ2v) is 4.38. The monoisotopic (exact) mass is 251 g/mol. The lowest BCUT2D eigenvalue weighted by Gasteiger charge is -2.06. The van der Waals surface area contributed by atoms with E-state index in [0.29, 0.717) is 0 Å². The van der Waals surface area contributed by atoms with Crippen molar-refractivity contribution in [2.45, 2.75) is 20.3 Å². The zero-order valence-electron chi connectivity index (χ0n) is 9.83. The lowest BCUT2D eigenvalue weighted by atomic mass is 10.1. The molecule has 0 fully saturated rings. The Labute approximate surface area is 104 Å². The van der Waals surface area contributed by atoms with Crippen LogP contribution in [0.2, 0.25) is 0 Å². The minimum Gasteiger partial charge on any atom is -0.367 e. The Balaban J connectivity index is 2.38. The average molecular weight is 251 g/mol. The number of halogens is 1. The fraction of sp³-hybridized carbons (Fsp3) is 0.333. The number of aromatic nitrogens is 2. The standard InChI is InChI=1S/C12H14FN3S/c1-3-6-14-12-11(15-17-16-12)10-7-9(13)5-4-8(10)2/h4-5,7H,3,6H2,1-2H3,(H,14,16). The van der Waals surface area contributed by atoms with Crippen LogP contribution < -0.4 is 5.32 Å². The summed E-state index contributed by atoms with van der Waals surface area (Å²) < 4.78 is 21.7. The van der Waals surface area contributed by atoms with Crippen molar-refractivity contribution in [2.75, 3.05) is 11.9 Å². The van der Waals surface area contributed by atoms with Crippen molar-refractivity contribution in [1.82, 2.24) is 8.75 Å². The number of anilines is 1. The number of hydrogen-bond acceptors (Lipinski definition) is 4. The molecule has 2 aromatic rings. The molecule has 0 aliphatic heterocycles. The Morgan fingerprint density at radius 1 is 1.35 bits per heavy atom. The molecular weight excluding hydrogens is 237 g/mol. The van der Waals surface area contributed by atoms with Gasteiger partial charge in [0.1, 0.15) is 11.5 Å². The quantitative estimate of drug-likeness (QED) is 0.904. The molecule has 0 saturated heterocycles. The van der Waals surface area contributed by atoms with Gasteiger partial charge in [0.2, 0.25) is 0 Å². The molecule has 0 saturated carbocycles. The maximum Gasteiger partial charge on any atom is 0.168 e. The summed E-state index contributed by atoms with van der Waals surface area (Å²) in [6.07, 6.45) is 1.01.